The minimum atomic E-state index is -0.0995. The number of hydrogen-bond donors (Lipinski definition) is 1. The lowest BCUT2D eigenvalue weighted by Gasteiger charge is -2.23. The van der Waals surface area contributed by atoms with Gasteiger partial charge in [0.15, 0.2) is 0 Å². The van der Waals surface area contributed by atoms with Gasteiger partial charge >= 0.3 is 0 Å². The lowest BCUT2D eigenvalue weighted by Crippen LogP contribution is -2.32. The normalized spacial score (nSPS) is 10.5. The van der Waals surface area contributed by atoms with E-state index in [1.807, 2.05) is 50.2 Å². The van der Waals surface area contributed by atoms with Gasteiger partial charge in [-0.3, -0.25) is 9.59 Å². The Morgan fingerprint density at radius 3 is 2.25 bits per heavy atom. The molecule has 2 amide bonds. The first-order valence-corrected chi connectivity index (χ1v) is 9.85. The molecule has 0 saturated carbocycles. The highest BCUT2D eigenvalue weighted by atomic mass is 16.2. The molecule has 0 aliphatic carbocycles. The van der Waals surface area contributed by atoms with Crippen molar-refractivity contribution in [1.29, 1.82) is 0 Å². The molecule has 150 valence electrons. The Balaban J connectivity index is 2.02. The van der Waals surface area contributed by atoms with Crippen molar-refractivity contribution < 1.29 is 9.59 Å². The Bertz CT molecular complexity index is 828. The van der Waals surface area contributed by atoms with E-state index >= 15 is 0 Å². The number of benzene rings is 2. The molecule has 0 radical (unpaired) electrons. The number of anilines is 3. The van der Waals surface area contributed by atoms with Crippen molar-refractivity contribution >= 4 is 28.9 Å². The Morgan fingerprint density at radius 1 is 0.964 bits per heavy atom. The third-order valence-electron chi connectivity index (χ3n) is 4.87. The first kappa shape index (κ1) is 21.5. The van der Waals surface area contributed by atoms with Gasteiger partial charge in [0.2, 0.25) is 11.8 Å². The van der Waals surface area contributed by atoms with Crippen molar-refractivity contribution in [2.75, 3.05) is 34.8 Å². The zero-order valence-corrected chi connectivity index (χ0v) is 17.6. The second-order valence-electron chi connectivity index (χ2n) is 6.98. The summed E-state index contributed by atoms with van der Waals surface area (Å²) in [6, 6.07) is 13.8. The predicted molar refractivity (Wildman–Crippen MR) is 117 cm³/mol. The summed E-state index contributed by atoms with van der Waals surface area (Å²) in [5.41, 5.74) is 4.89. The molecular weight excluding hydrogens is 350 g/mol. The molecule has 0 spiro atoms. The summed E-state index contributed by atoms with van der Waals surface area (Å²) in [6.45, 7) is 12.0. The maximum Gasteiger partial charge on any atom is 0.226 e. The molecule has 0 aliphatic rings. The molecular formula is C23H31N3O2. The van der Waals surface area contributed by atoms with Gasteiger partial charge in [0.25, 0.3) is 0 Å². The number of nitrogens with zero attached hydrogens (tertiary/aromatic N) is 2. The number of rotatable bonds is 8. The highest BCUT2D eigenvalue weighted by Crippen LogP contribution is 2.23. The largest absolute Gasteiger partial charge is 0.372 e. The van der Waals surface area contributed by atoms with Gasteiger partial charge in [-0.1, -0.05) is 12.1 Å². The van der Waals surface area contributed by atoms with Gasteiger partial charge < -0.3 is 15.1 Å². The van der Waals surface area contributed by atoms with Crippen molar-refractivity contribution in [3.63, 3.8) is 0 Å². The third-order valence-corrected chi connectivity index (χ3v) is 4.87. The topological polar surface area (TPSA) is 52.7 Å². The molecule has 0 bridgehead atoms. The van der Waals surface area contributed by atoms with E-state index in [9.17, 15) is 9.59 Å². The molecule has 0 unspecified atom stereocenters. The van der Waals surface area contributed by atoms with Crippen LogP contribution in [0, 0.1) is 13.8 Å². The summed E-state index contributed by atoms with van der Waals surface area (Å²) < 4.78 is 0. The Labute approximate surface area is 168 Å². The van der Waals surface area contributed by atoms with E-state index in [2.05, 4.69) is 30.1 Å². The molecule has 28 heavy (non-hydrogen) atoms. The molecule has 1 N–H and O–H groups in total. The summed E-state index contributed by atoms with van der Waals surface area (Å²) in [7, 11) is 0. The van der Waals surface area contributed by atoms with E-state index in [0.717, 1.165) is 41.3 Å². The van der Waals surface area contributed by atoms with Crippen LogP contribution in [-0.2, 0) is 9.59 Å². The van der Waals surface area contributed by atoms with E-state index in [-0.39, 0.29) is 18.2 Å². The van der Waals surface area contributed by atoms with Crippen LogP contribution < -0.4 is 15.1 Å². The lowest BCUT2D eigenvalue weighted by molar-refractivity contribution is -0.117. The second kappa shape index (κ2) is 9.93. The maximum atomic E-state index is 12.5. The molecule has 0 saturated heterocycles. The molecule has 2 aromatic carbocycles. The molecule has 2 rings (SSSR count). The van der Waals surface area contributed by atoms with Crippen molar-refractivity contribution in [3.8, 4) is 0 Å². The predicted octanol–water partition coefficient (Wildman–Crippen LogP) is 4.53. The van der Waals surface area contributed by atoms with Gasteiger partial charge in [-0.25, -0.2) is 0 Å². The zero-order chi connectivity index (χ0) is 20.7. The average Bonchev–Trinajstić information content (AvgIpc) is 2.65. The molecule has 5 heteroatoms. The molecule has 0 heterocycles. The van der Waals surface area contributed by atoms with Crippen LogP contribution in [0.2, 0.25) is 0 Å². The van der Waals surface area contributed by atoms with Crippen LogP contribution in [-0.4, -0.2) is 31.4 Å². The van der Waals surface area contributed by atoms with E-state index in [1.54, 1.807) is 4.90 Å². The van der Waals surface area contributed by atoms with Crippen LogP contribution in [0.5, 0.6) is 0 Å². The number of aryl methyl sites for hydroxylation is 2. The van der Waals surface area contributed by atoms with Gasteiger partial charge in [0.05, 0.1) is 0 Å². The van der Waals surface area contributed by atoms with Crippen molar-refractivity contribution in [3.05, 3.63) is 53.6 Å². The van der Waals surface area contributed by atoms with Gasteiger partial charge in [0, 0.05) is 50.0 Å². The Kier molecular flexibility index (Phi) is 7.61. The van der Waals surface area contributed by atoms with Crippen LogP contribution in [0.3, 0.4) is 0 Å². The maximum absolute atomic E-state index is 12.5. The fourth-order valence-corrected chi connectivity index (χ4v) is 3.26. The lowest BCUT2D eigenvalue weighted by atomic mass is 10.1. The van der Waals surface area contributed by atoms with Crippen LogP contribution in [0.25, 0.3) is 0 Å². The van der Waals surface area contributed by atoms with Crippen LogP contribution >= 0.6 is 0 Å². The standard InChI is InChI=1S/C23H31N3O2/c1-6-25(7-2)20-11-12-22(18(4)16-20)24-23(28)13-14-26(19(5)27)21-10-8-9-17(3)15-21/h8-12,15-16H,6-7,13-14H2,1-5H3,(H,24,28). The second-order valence-corrected chi connectivity index (χ2v) is 6.98. The fraction of sp³-hybridized carbons (Fsp3) is 0.391. The van der Waals surface area contributed by atoms with E-state index < -0.39 is 0 Å². The SMILES string of the molecule is CCN(CC)c1ccc(NC(=O)CCN(C(C)=O)c2cccc(C)c2)c(C)c1. The highest BCUT2D eigenvalue weighted by molar-refractivity contribution is 5.95. The van der Waals surface area contributed by atoms with Gasteiger partial charge in [-0.15, -0.1) is 0 Å². The summed E-state index contributed by atoms with van der Waals surface area (Å²) in [5, 5.41) is 2.97. The minimum Gasteiger partial charge on any atom is -0.372 e. The van der Waals surface area contributed by atoms with Gasteiger partial charge in [0.1, 0.15) is 0 Å². The number of hydrogen-bond acceptors (Lipinski definition) is 3. The van der Waals surface area contributed by atoms with Crippen molar-refractivity contribution in [2.24, 2.45) is 0 Å². The van der Waals surface area contributed by atoms with Crippen molar-refractivity contribution in [1.82, 2.24) is 0 Å². The average molecular weight is 382 g/mol. The number of amides is 2. The van der Waals surface area contributed by atoms with Crippen molar-refractivity contribution in [2.45, 2.75) is 41.0 Å². The molecule has 0 atom stereocenters. The van der Waals surface area contributed by atoms with Crippen LogP contribution in [0.4, 0.5) is 17.1 Å². The van der Waals surface area contributed by atoms with Crippen LogP contribution in [0.15, 0.2) is 42.5 Å². The van der Waals surface area contributed by atoms with E-state index in [1.165, 1.54) is 6.92 Å². The smallest absolute Gasteiger partial charge is 0.226 e. The molecule has 0 aliphatic heterocycles. The molecule has 0 fully saturated rings. The Hall–Kier alpha value is -2.82. The zero-order valence-electron chi connectivity index (χ0n) is 17.6. The van der Waals surface area contributed by atoms with E-state index in [4.69, 9.17) is 0 Å². The quantitative estimate of drug-likeness (QED) is 0.731. The number of carbonyl (C=O) groups excluding carboxylic acids is 2. The number of nitrogens with one attached hydrogen (secondary N) is 1. The summed E-state index contributed by atoms with van der Waals surface area (Å²) in [5.74, 6) is -0.171. The highest BCUT2D eigenvalue weighted by Gasteiger charge is 2.14. The van der Waals surface area contributed by atoms with Crippen LogP contribution in [0.1, 0.15) is 38.3 Å². The Morgan fingerprint density at radius 2 is 1.68 bits per heavy atom. The number of carbonyl (C=O) groups is 2. The molecule has 2 aromatic rings. The molecule has 5 nitrogen and oxygen atoms in total. The summed E-state index contributed by atoms with van der Waals surface area (Å²) >= 11 is 0. The fourth-order valence-electron chi connectivity index (χ4n) is 3.26. The molecule has 0 aromatic heterocycles. The minimum absolute atomic E-state index is 0.0712. The first-order chi connectivity index (χ1) is 13.3. The monoisotopic (exact) mass is 381 g/mol. The third kappa shape index (κ3) is 5.59. The van der Waals surface area contributed by atoms with Gasteiger partial charge in [-0.05, 0) is 69.2 Å². The van der Waals surface area contributed by atoms with Gasteiger partial charge in [-0.2, -0.15) is 0 Å². The first-order valence-electron chi connectivity index (χ1n) is 9.85. The summed E-state index contributed by atoms with van der Waals surface area (Å²) in [4.78, 5) is 28.4. The summed E-state index contributed by atoms with van der Waals surface area (Å²) in [6.07, 6.45) is 0.241. The van der Waals surface area contributed by atoms with E-state index in [0.29, 0.717) is 6.54 Å².